The predicted octanol–water partition coefficient (Wildman–Crippen LogP) is 3.14. The van der Waals surface area contributed by atoms with Gasteiger partial charge < -0.3 is 10.5 Å². The van der Waals surface area contributed by atoms with Gasteiger partial charge in [-0.3, -0.25) is 0 Å². The molecule has 0 aliphatic carbocycles. The van der Waals surface area contributed by atoms with Crippen molar-refractivity contribution >= 4 is 5.82 Å². The number of nitrogens with zero attached hydrogens (tertiary/aromatic N) is 3. The van der Waals surface area contributed by atoms with Crippen LogP contribution in [0, 0.1) is 13.8 Å². The van der Waals surface area contributed by atoms with Gasteiger partial charge in [0.15, 0.2) is 5.82 Å². The Labute approximate surface area is 129 Å². The van der Waals surface area contributed by atoms with Gasteiger partial charge in [-0.2, -0.15) is 4.68 Å². The van der Waals surface area contributed by atoms with Gasteiger partial charge in [-0.05, 0) is 49.7 Å². The average Bonchev–Trinajstić information content (AvgIpc) is 2.89. The van der Waals surface area contributed by atoms with Crippen LogP contribution in [0.1, 0.15) is 11.1 Å². The number of rotatable bonds is 3. The van der Waals surface area contributed by atoms with E-state index in [0.29, 0.717) is 11.5 Å². The van der Waals surface area contributed by atoms with Gasteiger partial charge in [0, 0.05) is 5.56 Å². The van der Waals surface area contributed by atoms with Crippen molar-refractivity contribution in [2.45, 2.75) is 13.8 Å². The van der Waals surface area contributed by atoms with Crippen molar-refractivity contribution in [3.8, 4) is 22.7 Å². The number of ether oxygens (including phenoxy) is 1. The predicted molar refractivity (Wildman–Crippen MR) is 87.2 cm³/mol. The summed E-state index contributed by atoms with van der Waals surface area (Å²) in [5.74, 6) is 1.32. The van der Waals surface area contributed by atoms with Crippen LogP contribution in [0.25, 0.3) is 16.9 Å². The van der Waals surface area contributed by atoms with Gasteiger partial charge in [-0.1, -0.05) is 22.9 Å². The normalized spacial score (nSPS) is 10.7. The summed E-state index contributed by atoms with van der Waals surface area (Å²) in [6.07, 6.45) is 0. The van der Waals surface area contributed by atoms with Crippen LogP contribution in [0.3, 0.4) is 0 Å². The molecule has 2 aromatic carbocycles. The van der Waals surface area contributed by atoms with Crippen LogP contribution >= 0.6 is 0 Å². The number of aromatic nitrogens is 3. The molecule has 0 unspecified atom stereocenters. The zero-order valence-corrected chi connectivity index (χ0v) is 12.9. The zero-order valence-electron chi connectivity index (χ0n) is 12.9. The highest BCUT2D eigenvalue weighted by atomic mass is 16.5. The molecule has 3 aromatic rings. The second kappa shape index (κ2) is 5.52. The molecule has 1 aromatic heterocycles. The molecule has 0 spiro atoms. The summed E-state index contributed by atoms with van der Waals surface area (Å²) in [7, 11) is 1.64. The third-order valence-electron chi connectivity index (χ3n) is 3.65. The number of methoxy groups -OCH3 is 1. The number of aryl methyl sites for hydroxylation is 2. The lowest BCUT2D eigenvalue weighted by Crippen LogP contribution is -2.04. The maximum absolute atomic E-state index is 6.25. The first-order chi connectivity index (χ1) is 10.6. The first-order valence-corrected chi connectivity index (χ1v) is 7.03. The molecule has 1 heterocycles. The van der Waals surface area contributed by atoms with E-state index in [4.69, 9.17) is 10.5 Å². The molecule has 0 radical (unpaired) electrons. The molecule has 0 fully saturated rings. The van der Waals surface area contributed by atoms with Crippen molar-refractivity contribution in [2.24, 2.45) is 0 Å². The molecule has 0 aliphatic heterocycles. The Hall–Kier alpha value is -2.82. The van der Waals surface area contributed by atoms with E-state index in [2.05, 4.69) is 23.3 Å². The van der Waals surface area contributed by atoms with Crippen molar-refractivity contribution in [1.29, 1.82) is 0 Å². The first-order valence-electron chi connectivity index (χ1n) is 7.03. The fraction of sp³-hybridized carbons (Fsp3) is 0.176. The topological polar surface area (TPSA) is 66.0 Å². The monoisotopic (exact) mass is 294 g/mol. The van der Waals surface area contributed by atoms with Crippen molar-refractivity contribution in [3.63, 3.8) is 0 Å². The van der Waals surface area contributed by atoms with Gasteiger partial charge in [-0.15, -0.1) is 5.10 Å². The van der Waals surface area contributed by atoms with Gasteiger partial charge in [0.1, 0.15) is 11.4 Å². The zero-order chi connectivity index (χ0) is 15.7. The highest BCUT2D eigenvalue weighted by Crippen LogP contribution is 2.27. The lowest BCUT2D eigenvalue weighted by Gasteiger charge is -2.08. The lowest BCUT2D eigenvalue weighted by molar-refractivity contribution is 0.415. The van der Waals surface area contributed by atoms with E-state index >= 15 is 0 Å². The molecule has 0 saturated carbocycles. The fourth-order valence-corrected chi connectivity index (χ4v) is 2.46. The molecule has 0 bridgehead atoms. The molecule has 5 nitrogen and oxygen atoms in total. The maximum atomic E-state index is 6.25. The standard InChI is InChI=1S/C17H18N4O/c1-11-4-9-15(12(2)10-11)21-17(18)16(19-20-21)13-5-7-14(22-3)8-6-13/h4-10H,18H2,1-3H3. The summed E-state index contributed by atoms with van der Waals surface area (Å²) in [4.78, 5) is 0. The number of nitrogen functional groups attached to an aromatic ring is 1. The molecular weight excluding hydrogens is 276 g/mol. The molecule has 0 saturated heterocycles. The summed E-state index contributed by atoms with van der Waals surface area (Å²) >= 11 is 0. The quantitative estimate of drug-likeness (QED) is 0.806. The molecule has 0 aliphatic rings. The molecule has 2 N–H and O–H groups in total. The minimum Gasteiger partial charge on any atom is -0.497 e. The van der Waals surface area contributed by atoms with Crippen LogP contribution < -0.4 is 10.5 Å². The minimum atomic E-state index is 0.525. The van der Waals surface area contributed by atoms with Gasteiger partial charge in [0.05, 0.1) is 12.8 Å². The van der Waals surface area contributed by atoms with Crippen LogP contribution in [0.15, 0.2) is 42.5 Å². The van der Waals surface area contributed by atoms with Crippen LogP contribution in [-0.4, -0.2) is 22.1 Å². The Morgan fingerprint density at radius 3 is 2.41 bits per heavy atom. The second-order valence-corrected chi connectivity index (χ2v) is 5.25. The lowest BCUT2D eigenvalue weighted by atomic mass is 10.1. The van der Waals surface area contributed by atoms with E-state index in [1.807, 2.05) is 43.3 Å². The number of hydrogen-bond acceptors (Lipinski definition) is 4. The summed E-state index contributed by atoms with van der Waals surface area (Å²) in [6, 6.07) is 13.8. The Morgan fingerprint density at radius 1 is 1.05 bits per heavy atom. The van der Waals surface area contributed by atoms with E-state index in [1.54, 1.807) is 11.8 Å². The minimum absolute atomic E-state index is 0.525. The smallest absolute Gasteiger partial charge is 0.155 e. The number of anilines is 1. The third-order valence-corrected chi connectivity index (χ3v) is 3.65. The van der Waals surface area contributed by atoms with Crippen molar-refractivity contribution < 1.29 is 4.74 Å². The number of benzene rings is 2. The Kier molecular flexibility index (Phi) is 3.55. The second-order valence-electron chi connectivity index (χ2n) is 5.25. The highest BCUT2D eigenvalue weighted by molar-refractivity contribution is 5.71. The Bertz CT molecular complexity index is 806. The molecule has 112 valence electrons. The van der Waals surface area contributed by atoms with Gasteiger partial charge in [0.25, 0.3) is 0 Å². The van der Waals surface area contributed by atoms with Crippen molar-refractivity contribution in [3.05, 3.63) is 53.6 Å². The van der Waals surface area contributed by atoms with Gasteiger partial charge in [-0.25, -0.2) is 0 Å². The Morgan fingerprint density at radius 2 is 1.77 bits per heavy atom. The van der Waals surface area contributed by atoms with Gasteiger partial charge in [0.2, 0.25) is 0 Å². The molecule has 0 amide bonds. The van der Waals surface area contributed by atoms with Crippen LogP contribution in [0.5, 0.6) is 5.75 Å². The summed E-state index contributed by atoms with van der Waals surface area (Å²) in [5.41, 5.74) is 11.1. The van der Waals surface area contributed by atoms with Crippen molar-refractivity contribution in [2.75, 3.05) is 12.8 Å². The maximum Gasteiger partial charge on any atom is 0.155 e. The van der Waals surface area contributed by atoms with Gasteiger partial charge >= 0.3 is 0 Å². The largest absolute Gasteiger partial charge is 0.497 e. The summed E-state index contributed by atoms with van der Waals surface area (Å²) in [6.45, 7) is 4.10. The molecule has 5 heteroatoms. The van der Waals surface area contributed by atoms with E-state index < -0.39 is 0 Å². The van der Waals surface area contributed by atoms with Crippen LogP contribution in [-0.2, 0) is 0 Å². The first kappa shape index (κ1) is 14.1. The third kappa shape index (κ3) is 2.41. The highest BCUT2D eigenvalue weighted by Gasteiger charge is 2.14. The van der Waals surface area contributed by atoms with Crippen molar-refractivity contribution in [1.82, 2.24) is 15.0 Å². The molecule has 3 rings (SSSR count). The molecular formula is C17H18N4O. The Balaban J connectivity index is 2.04. The van der Waals surface area contributed by atoms with E-state index in [-0.39, 0.29) is 0 Å². The van der Waals surface area contributed by atoms with Crippen LogP contribution in [0.2, 0.25) is 0 Å². The van der Waals surface area contributed by atoms with E-state index in [1.165, 1.54) is 5.56 Å². The SMILES string of the molecule is COc1ccc(-c2nnn(-c3ccc(C)cc3C)c2N)cc1. The molecule has 22 heavy (non-hydrogen) atoms. The average molecular weight is 294 g/mol. The fourth-order valence-electron chi connectivity index (χ4n) is 2.46. The van der Waals surface area contributed by atoms with Crippen LogP contribution in [0.4, 0.5) is 5.82 Å². The summed E-state index contributed by atoms with van der Waals surface area (Å²) in [5, 5.41) is 8.43. The molecule has 0 atom stereocenters. The summed E-state index contributed by atoms with van der Waals surface area (Å²) < 4.78 is 6.84. The van der Waals surface area contributed by atoms with E-state index in [0.717, 1.165) is 22.6 Å². The van der Waals surface area contributed by atoms with E-state index in [9.17, 15) is 0 Å². The number of hydrogen-bond donors (Lipinski definition) is 1. The number of nitrogens with two attached hydrogens (primary N) is 1.